The SMILES string of the molecule is CC(C)(C)OC(=O)Nc1cc(-c2ccccc2)ccc1C(N)=NC(=O)O. The van der Waals surface area contributed by atoms with Crippen LogP contribution in [0, 0.1) is 0 Å². The van der Waals surface area contributed by atoms with E-state index in [1.54, 1.807) is 39.0 Å². The number of amides is 2. The van der Waals surface area contributed by atoms with Gasteiger partial charge in [0.2, 0.25) is 0 Å². The minimum atomic E-state index is -1.42. The van der Waals surface area contributed by atoms with Crippen LogP contribution in [0.2, 0.25) is 0 Å². The number of carbonyl (C=O) groups is 2. The summed E-state index contributed by atoms with van der Waals surface area (Å²) in [7, 11) is 0. The van der Waals surface area contributed by atoms with Gasteiger partial charge in [-0.2, -0.15) is 4.99 Å². The number of carboxylic acid groups (broad SMARTS) is 1. The molecule has 0 aliphatic carbocycles. The van der Waals surface area contributed by atoms with Crippen molar-refractivity contribution in [2.24, 2.45) is 10.7 Å². The Hall–Kier alpha value is -3.35. The number of anilines is 1. The van der Waals surface area contributed by atoms with Gasteiger partial charge in [-0.1, -0.05) is 36.4 Å². The predicted molar refractivity (Wildman–Crippen MR) is 100 cm³/mol. The van der Waals surface area contributed by atoms with Crippen LogP contribution in [-0.2, 0) is 4.74 Å². The highest BCUT2D eigenvalue weighted by atomic mass is 16.6. The maximum absolute atomic E-state index is 12.1. The van der Waals surface area contributed by atoms with Gasteiger partial charge in [-0.15, -0.1) is 0 Å². The molecule has 0 heterocycles. The molecule has 0 aromatic heterocycles. The van der Waals surface area contributed by atoms with Crippen molar-refractivity contribution in [1.82, 2.24) is 0 Å². The summed E-state index contributed by atoms with van der Waals surface area (Å²) in [5, 5.41) is 11.4. The Morgan fingerprint density at radius 3 is 2.31 bits per heavy atom. The van der Waals surface area contributed by atoms with Crippen LogP contribution in [0.15, 0.2) is 53.5 Å². The Balaban J connectivity index is 2.45. The molecule has 0 saturated carbocycles. The van der Waals surface area contributed by atoms with E-state index in [1.807, 2.05) is 30.3 Å². The summed E-state index contributed by atoms with van der Waals surface area (Å²) >= 11 is 0. The molecule has 0 fully saturated rings. The van der Waals surface area contributed by atoms with Gasteiger partial charge in [-0.05, 0) is 44.0 Å². The molecule has 0 spiro atoms. The highest BCUT2D eigenvalue weighted by Gasteiger charge is 2.18. The lowest BCUT2D eigenvalue weighted by molar-refractivity contribution is 0.0636. The maximum atomic E-state index is 12.1. The van der Waals surface area contributed by atoms with Crippen molar-refractivity contribution in [2.75, 3.05) is 5.32 Å². The van der Waals surface area contributed by atoms with Crippen molar-refractivity contribution >= 4 is 23.7 Å². The Kier molecular flexibility index (Phi) is 5.61. The number of hydrogen-bond donors (Lipinski definition) is 3. The monoisotopic (exact) mass is 355 g/mol. The van der Waals surface area contributed by atoms with Crippen LogP contribution in [-0.4, -0.2) is 28.7 Å². The molecule has 2 amide bonds. The van der Waals surface area contributed by atoms with E-state index >= 15 is 0 Å². The van der Waals surface area contributed by atoms with Crippen LogP contribution in [0.3, 0.4) is 0 Å². The number of rotatable bonds is 3. The molecule has 2 aromatic carbocycles. The topological polar surface area (TPSA) is 114 Å². The second-order valence-corrected chi connectivity index (χ2v) is 6.53. The van der Waals surface area contributed by atoms with Crippen LogP contribution in [0.1, 0.15) is 26.3 Å². The molecular weight excluding hydrogens is 334 g/mol. The van der Waals surface area contributed by atoms with Crippen LogP contribution in [0.4, 0.5) is 15.3 Å². The van der Waals surface area contributed by atoms with E-state index in [4.69, 9.17) is 15.6 Å². The Labute approximate surface area is 151 Å². The molecule has 0 unspecified atom stereocenters. The third-order valence-corrected chi connectivity index (χ3v) is 3.25. The number of hydrogen-bond acceptors (Lipinski definition) is 3. The molecule has 4 N–H and O–H groups in total. The molecule has 0 aliphatic rings. The van der Waals surface area contributed by atoms with Crippen molar-refractivity contribution in [3.63, 3.8) is 0 Å². The van der Waals surface area contributed by atoms with Gasteiger partial charge < -0.3 is 15.6 Å². The van der Waals surface area contributed by atoms with E-state index in [-0.39, 0.29) is 11.4 Å². The second-order valence-electron chi connectivity index (χ2n) is 6.53. The van der Waals surface area contributed by atoms with E-state index in [9.17, 15) is 9.59 Å². The third kappa shape index (κ3) is 5.34. The summed E-state index contributed by atoms with van der Waals surface area (Å²) in [4.78, 5) is 26.3. The number of benzene rings is 2. The van der Waals surface area contributed by atoms with E-state index in [2.05, 4.69) is 10.3 Å². The maximum Gasteiger partial charge on any atom is 0.433 e. The largest absolute Gasteiger partial charge is 0.463 e. The molecule has 0 saturated heterocycles. The average molecular weight is 355 g/mol. The highest BCUT2D eigenvalue weighted by molar-refractivity contribution is 6.08. The zero-order valence-corrected chi connectivity index (χ0v) is 14.8. The lowest BCUT2D eigenvalue weighted by Gasteiger charge is -2.20. The lowest BCUT2D eigenvalue weighted by Crippen LogP contribution is -2.28. The summed E-state index contributed by atoms with van der Waals surface area (Å²) in [5.41, 5.74) is 7.44. The Morgan fingerprint density at radius 1 is 1.08 bits per heavy atom. The fourth-order valence-electron chi connectivity index (χ4n) is 2.26. The van der Waals surface area contributed by atoms with Crippen LogP contribution in [0.5, 0.6) is 0 Å². The summed E-state index contributed by atoms with van der Waals surface area (Å²) in [6.45, 7) is 5.23. The van der Waals surface area contributed by atoms with Crippen molar-refractivity contribution < 1.29 is 19.4 Å². The first-order valence-corrected chi connectivity index (χ1v) is 7.92. The fraction of sp³-hybridized carbons (Fsp3) is 0.211. The van der Waals surface area contributed by atoms with Crippen molar-refractivity contribution in [1.29, 1.82) is 0 Å². The first-order chi connectivity index (χ1) is 12.2. The first kappa shape index (κ1) is 19.0. The molecule has 0 aliphatic heterocycles. The zero-order chi connectivity index (χ0) is 19.3. The molecule has 136 valence electrons. The molecule has 26 heavy (non-hydrogen) atoms. The normalized spacial score (nSPS) is 11.7. The standard InChI is InChI=1S/C19H21N3O4/c1-19(2,3)26-18(25)21-15-11-13(12-7-5-4-6-8-12)9-10-14(15)16(20)22-17(23)24/h4-11H,1-3H3,(H2,20,22)(H,21,25)(H,23,24). The minimum Gasteiger partial charge on any atom is -0.463 e. The molecule has 0 radical (unpaired) electrons. The summed E-state index contributed by atoms with van der Waals surface area (Å²) < 4.78 is 5.26. The van der Waals surface area contributed by atoms with E-state index in [0.717, 1.165) is 11.1 Å². The quantitative estimate of drug-likeness (QED) is 0.567. The van der Waals surface area contributed by atoms with Crippen LogP contribution in [0.25, 0.3) is 11.1 Å². The second kappa shape index (κ2) is 7.69. The van der Waals surface area contributed by atoms with Crippen molar-refractivity contribution in [3.8, 4) is 11.1 Å². The number of nitrogens with one attached hydrogen (secondary N) is 1. The number of carbonyl (C=O) groups excluding carboxylic acids is 1. The number of nitrogens with two attached hydrogens (primary N) is 1. The summed E-state index contributed by atoms with van der Waals surface area (Å²) in [6.07, 6.45) is -2.09. The molecule has 2 aromatic rings. The highest BCUT2D eigenvalue weighted by Crippen LogP contribution is 2.26. The van der Waals surface area contributed by atoms with E-state index in [0.29, 0.717) is 5.69 Å². The zero-order valence-electron chi connectivity index (χ0n) is 14.8. The van der Waals surface area contributed by atoms with Crippen LogP contribution >= 0.6 is 0 Å². The van der Waals surface area contributed by atoms with Gasteiger partial charge in [0.1, 0.15) is 11.4 Å². The van der Waals surface area contributed by atoms with Gasteiger partial charge in [-0.25, -0.2) is 9.59 Å². The number of aliphatic imine (C=N–C) groups is 1. The van der Waals surface area contributed by atoms with Gasteiger partial charge in [0.15, 0.2) is 0 Å². The van der Waals surface area contributed by atoms with Gasteiger partial charge in [-0.3, -0.25) is 5.32 Å². The van der Waals surface area contributed by atoms with E-state index < -0.39 is 17.8 Å². The van der Waals surface area contributed by atoms with Crippen LogP contribution < -0.4 is 11.1 Å². The average Bonchev–Trinajstić information content (AvgIpc) is 2.53. The molecule has 2 rings (SSSR count). The first-order valence-electron chi connectivity index (χ1n) is 7.92. The fourth-order valence-corrected chi connectivity index (χ4v) is 2.26. The number of ether oxygens (including phenoxy) is 1. The molecule has 7 heteroatoms. The Bertz CT molecular complexity index is 840. The predicted octanol–water partition coefficient (Wildman–Crippen LogP) is 4.08. The van der Waals surface area contributed by atoms with Crippen molar-refractivity contribution in [2.45, 2.75) is 26.4 Å². The lowest BCUT2D eigenvalue weighted by atomic mass is 10.0. The van der Waals surface area contributed by atoms with E-state index in [1.165, 1.54) is 0 Å². The van der Waals surface area contributed by atoms with Crippen molar-refractivity contribution in [3.05, 3.63) is 54.1 Å². The summed E-state index contributed by atoms with van der Waals surface area (Å²) in [6, 6.07) is 14.6. The third-order valence-electron chi connectivity index (χ3n) is 3.25. The molecule has 7 nitrogen and oxygen atoms in total. The minimum absolute atomic E-state index is 0.219. The molecular formula is C19H21N3O4. The Morgan fingerprint density at radius 2 is 1.73 bits per heavy atom. The number of amidine groups is 1. The van der Waals surface area contributed by atoms with Gasteiger partial charge in [0.25, 0.3) is 0 Å². The summed E-state index contributed by atoms with van der Waals surface area (Å²) in [5.74, 6) is -0.219. The van der Waals surface area contributed by atoms with Gasteiger partial charge in [0.05, 0.1) is 5.69 Å². The molecule has 0 atom stereocenters. The molecule has 0 bridgehead atoms. The van der Waals surface area contributed by atoms with Gasteiger partial charge in [0, 0.05) is 5.56 Å². The number of nitrogens with zero attached hydrogens (tertiary/aromatic N) is 1. The smallest absolute Gasteiger partial charge is 0.433 e. The van der Waals surface area contributed by atoms with Gasteiger partial charge >= 0.3 is 12.2 Å².